The van der Waals surface area contributed by atoms with Gasteiger partial charge in [0.05, 0.1) is 7.11 Å². The molecule has 83 valence electrons. The molecule has 0 aliphatic heterocycles. The molecule has 0 aromatic heterocycles. The summed E-state index contributed by atoms with van der Waals surface area (Å²) in [6.07, 6.45) is 0.945. The summed E-state index contributed by atoms with van der Waals surface area (Å²) in [6, 6.07) is 8.32. The Morgan fingerprint density at radius 2 is 1.80 bits per heavy atom. The van der Waals surface area contributed by atoms with Crippen LogP contribution < -0.4 is 4.74 Å². The molecule has 0 heterocycles. The van der Waals surface area contributed by atoms with Crippen LogP contribution in [0.25, 0.3) is 0 Å². The van der Waals surface area contributed by atoms with Crippen LogP contribution in [-0.2, 0) is 0 Å². The van der Waals surface area contributed by atoms with Gasteiger partial charge in [-0.1, -0.05) is 39.8 Å². The van der Waals surface area contributed by atoms with Gasteiger partial charge in [-0.3, -0.25) is 0 Å². The Morgan fingerprint density at radius 1 is 1.27 bits per heavy atom. The molecule has 0 saturated heterocycles. The maximum atomic E-state index is 5.15. The van der Waals surface area contributed by atoms with Crippen molar-refractivity contribution in [3.8, 4) is 5.75 Å². The number of hydrogen-bond acceptors (Lipinski definition) is 1. The molecule has 0 amide bonds. The van der Waals surface area contributed by atoms with Crippen molar-refractivity contribution < 1.29 is 4.74 Å². The van der Waals surface area contributed by atoms with Crippen molar-refractivity contribution in [1.82, 2.24) is 0 Å². The molecule has 1 rings (SSSR count). The second-order valence-corrected chi connectivity index (χ2v) is 4.73. The first-order valence-electron chi connectivity index (χ1n) is 5.44. The van der Waals surface area contributed by atoms with Crippen molar-refractivity contribution >= 4 is 0 Å². The van der Waals surface area contributed by atoms with E-state index in [4.69, 9.17) is 4.74 Å². The zero-order valence-electron chi connectivity index (χ0n) is 10.2. The lowest BCUT2D eigenvalue weighted by atomic mass is 9.74. The number of benzene rings is 1. The molecule has 1 nitrogen and oxygen atoms in total. The van der Waals surface area contributed by atoms with Gasteiger partial charge in [0, 0.05) is 0 Å². The molecular weight excluding hydrogens is 184 g/mol. The van der Waals surface area contributed by atoms with E-state index in [1.54, 1.807) is 7.11 Å². The fourth-order valence-electron chi connectivity index (χ4n) is 1.56. The molecule has 0 saturated carbocycles. The van der Waals surface area contributed by atoms with E-state index >= 15 is 0 Å². The predicted octanol–water partition coefficient (Wildman–Crippen LogP) is 4.05. The summed E-state index contributed by atoms with van der Waals surface area (Å²) in [5.74, 6) is 1.43. The Morgan fingerprint density at radius 3 is 2.20 bits per heavy atom. The highest BCUT2D eigenvalue weighted by Gasteiger charge is 2.24. The molecule has 1 radical (unpaired) electrons. The third-order valence-electron chi connectivity index (χ3n) is 3.43. The zero-order chi connectivity index (χ0) is 11.5. The van der Waals surface area contributed by atoms with E-state index in [2.05, 4.69) is 39.8 Å². The quantitative estimate of drug-likeness (QED) is 0.720. The first kappa shape index (κ1) is 12.1. The molecule has 15 heavy (non-hydrogen) atoms. The SMILES string of the molecule is [CH2]CC(C)(C)C(C)c1ccc(OC)cc1. The van der Waals surface area contributed by atoms with E-state index in [1.807, 2.05) is 12.1 Å². The Bertz CT molecular complexity index is 298. The summed E-state index contributed by atoms with van der Waals surface area (Å²) in [6.45, 7) is 10.8. The Balaban J connectivity index is 2.87. The molecule has 0 fully saturated rings. The van der Waals surface area contributed by atoms with Gasteiger partial charge in [-0.05, 0) is 35.4 Å². The van der Waals surface area contributed by atoms with Crippen LogP contribution in [0.2, 0.25) is 0 Å². The summed E-state index contributed by atoms with van der Waals surface area (Å²) in [4.78, 5) is 0. The van der Waals surface area contributed by atoms with E-state index < -0.39 is 0 Å². The topological polar surface area (TPSA) is 9.23 Å². The number of rotatable bonds is 4. The number of ether oxygens (including phenoxy) is 1. The minimum atomic E-state index is 0.245. The van der Waals surface area contributed by atoms with Gasteiger partial charge in [0.15, 0.2) is 0 Å². The number of hydrogen-bond donors (Lipinski definition) is 0. The minimum absolute atomic E-state index is 0.245. The number of methoxy groups -OCH3 is 1. The van der Waals surface area contributed by atoms with E-state index in [9.17, 15) is 0 Å². The Kier molecular flexibility index (Phi) is 3.78. The molecule has 1 aromatic rings. The average molecular weight is 205 g/mol. The van der Waals surface area contributed by atoms with Gasteiger partial charge in [-0.2, -0.15) is 0 Å². The standard InChI is InChI=1S/C14H21O/c1-6-14(3,4)11(2)12-7-9-13(15-5)10-8-12/h7-11H,1,6H2,2-5H3. The first-order chi connectivity index (χ1) is 7.01. The lowest BCUT2D eigenvalue weighted by Crippen LogP contribution is -2.18. The van der Waals surface area contributed by atoms with Crippen molar-refractivity contribution in [2.75, 3.05) is 7.11 Å². The summed E-state index contributed by atoms with van der Waals surface area (Å²) in [5.41, 5.74) is 1.60. The van der Waals surface area contributed by atoms with Crippen LogP contribution in [0.3, 0.4) is 0 Å². The van der Waals surface area contributed by atoms with Crippen LogP contribution in [-0.4, -0.2) is 7.11 Å². The van der Waals surface area contributed by atoms with Gasteiger partial charge >= 0.3 is 0 Å². The van der Waals surface area contributed by atoms with Crippen molar-refractivity contribution in [2.24, 2.45) is 5.41 Å². The van der Waals surface area contributed by atoms with E-state index in [-0.39, 0.29) is 5.41 Å². The summed E-state index contributed by atoms with van der Waals surface area (Å²) >= 11 is 0. The maximum Gasteiger partial charge on any atom is 0.118 e. The monoisotopic (exact) mass is 205 g/mol. The van der Waals surface area contributed by atoms with Gasteiger partial charge in [0.1, 0.15) is 5.75 Å². The molecule has 1 atom stereocenters. The first-order valence-corrected chi connectivity index (χ1v) is 5.44. The van der Waals surface area contributed by atoms with E-state index in [0.29, 0.717) is 5.92 Å². The highest BCUT2D eigenvalue weighted by atomic mass is 16.5. The van der Waals surface area contributed by atoms with Crippen LogP contribution in [0.5, 0.6) is 5.75 Å². The lowest BCUT2D eigenvalue weighted by Gasteiger charge is -2.31. The summed E-state index contributed by atoms with van der Waals surface area (Å²) in [5, 5.41) is 0. The average Bonchev–Trinajstić information content (AvgIpc) is 2.28. The zero-order valence-corrected chi connectivity index (χ0v) is 10.2. The second kappa shape index (κ2) is 4.69. The summed E-state index contributed by atoms with van der Waals surface area (Å²) in [7, 11) is 1.69. The van der Waals surface area contributed by atoms with Gasteiger partial charge in [0.2, 0.25) is 0 Å². The third-order valence-corrected chi connectivity index (χ3v) is 3.43. The fourth-order valence-corrected chi connectivity index (χ4v) is 1.56. The predicted molar refractivity (Wildman–Crippen MR) is 65.2 cm³/mol. The van der Waals surface area contributed by atoms with Crippen molar-refractivity contribution in [2.45, 2.75) is 33.1 Å². The van der Waals surface area contributed by atoms with E-state index in [0.717, 1.165) is 12.2 Å². The molecule has 1 aromatic carbocycles. The smallest absolute Gasteiger partial charge is 0.118 e. The van der Waals surface area contributed by atoms with Gasteiger partial charge in [0.25, 0.3) is 0 Å². The summed E-state index contributed by atoms with van der Waals surface area (Å²) < 4.78 is 5.15. The highest BCUT2D eigenvalue weighted by Crippen LogP contribution is 2.37. The highest BCUT2D eigenvalue weighted by molar-refractivity contribution is 5.30. The molecular formula is C14H21O. The molecule has 0 N–H and O–H groups in total. The minimum Gasteiger partial charge on any atom is -0.497 e. The molecule has 0 bridgehead atoms. The van der Waals surface area contributed by atoms with Crippen LogP contribution >= 0.6 is 0 Å². The van der Waals surface area contributed by atoms with Crippen LogP contribution in [0.15, 0.2) is 24.3 Å². The molecule has 0 spiro atoms. The second-order valence-electron chi connectivity index (χ2n) is 4.73. The van der Waals surface area contributed by atoms with Crippen LogP contribution in [0.4, 0.5) is 0 Å². The molecule has 0 aliphatic carbocycles. The van der Waals surface area contributed by atoms with Crippen molar-refractivity contribution in [3.63, 3.8) is 0 Å². The normalized spacial score (nSPS) is 13.7. The Labute approximate surface area is 93.5 Å². The van der Waals surface area contributed by atoms with Crippen LogP contribution in [0.1, 0.15) is 38.7 Å². The molecule has 0 aliphatic rings. The van der Waals surface area contributed by atoms with Gasteiger partial charge < -0.3 is 4.74 Å². The maximum absolute atomic E-state index is 5.15. The Hall–Kier alpha value is -0.980. The van der Waals surface area contributed by atoms with Crippen molar-refractivity contribution in [3.05, 3.63) is 36.8 Å². The van der Waals surface area contributed by atoms with Crippen LogP contribution in [0, 0.1) is 12.3 Å². The van der Waals surface area contributed by atoms with Crippen molar-refractivity contribution in [1.29, 1.82) is 0 Å². The van der Waals surface area contributed by atoms with Gasteiger partial charge in [-0.15, -0.1) is 0 Å². The molecule has 1 unspecified atom stereocenters. The fraction of sp³-hybridized carbons (Fsp3) is 0.500. The van der Waals surface area contributed by atoms with E-state index in [1.165, 1.54) is 5.56 Å². The lowest BCUT2D eigenvalue weighted by molar-refractivity contribution is 0.303. The largest absolute Gasteiger partial charge is 0.497 e. The van der Waals surface area contributed by atoms with Gasteiger partial charge in [-0.25, -0.2) is 0 Å². The molecule has 1 heteroatoms. The third kappa shape index (κ3) is 2.74.